The van der Waals surface area contributed by atoms with E-state index in [2.05, 4.69) is 6.07 Å². The number of nitrogens with zero attached hydrogens (tertiary/aromatic N) is 2. The lowest BCUT2D eigenvalue weighted by Crippen LogP contribution is -2.45. The number of carbonyl (C=O) groups is 2. The monoisotopic (exact) mass is 470 g/mol. The van der Waals surface area contributed by atoms with Crippen LogP contribution < -0.4 is 0 Å². The molecule has 1 saturated heterocycles. The van der Waals surface area contributed by atoms with Crippen LogP contribution in [0.25, 0.3) is 5.57 Å². The van der Waals surface area contributed by atoms with Crippen molar-refractivity contribution in [3.8, 4) is 6.07 Å². The van der Waals surface area contributed by atoms with Gasteiger partial charge in [-0.3, -0.25) is 9.59 Å². The second kappa shape index (κ2) is 8.50. The molecule has 0 radical (unpaired) electrons. The zero-order valence-corrected chi connectivity index (χ0v) is 19.0. The van der Waals surface area contributed by atoms with E-state index in [-0.39, 0.29) is 12.5 Å². The summed E-state index contributed by atoms with van der Waals surface area (Å²) < 4.78 is 11.3. The van der Waals surface area contributed by atoms with Crippen molar-refractivity contribution in [1.82, 2.24) is 4.90 Å². The largest absolute Gasteiger partial charge is 0.498 e. The zero-order chi connectivity index (χ0) is 23.0. The summed E-state index contributed by atoms with van der Waals surface area (Å²) in [5, 5.41) is 9.92. The van der Waals surface area contributed by atoms with Crippen molar-refractivity contribution >= 4 is 40.7 Å². The van der Waals surface area contributed by atoms with Crippen LogP contribution in [0.5, 0.6) is 0 Å². The molecule has 4 rings (SSSR count). The number of fused-ring (bicyclic) bond motifs is 1. The number of hydrogen-bond donors (Lipinski definition) is 0. The van der Waals surface area contributed by atoms with Crippen LogP contribution in [0.1, 0.15) is 30.0 Å². The van der Waals surface area contributed by atoms with Crippen LogP contribution in [0.15, 0.2) is 48.2 Å². The molecule has 0 bridgehead atoms. The topological polar surface area (TPSA) is 79.6 Å². The molecule has 2 aromatic rings. The van der Waals surface area contributed by atoms with E-state index < -0.39 is 17.6 Å². The molecule has 1 amide bonds. The zero-order valence-electron chi connectivity index (χ0n) is 17.5. The Bertz CT molecular complexity index is 1150. The maximum atomic E-state index is 13.6. The Morgan fingerprint density at radius 1 is 1.22 bits per heavy atom. The number of carbonyl (C=O) groups excluding carboxylic acids is 2. The molecule has 2 aliphatic rings. The van der Waals surface area contributed by atoms with Gasteiger partial charge in [0.25, 0.3) is 5.91 Å². The molecule has 164 valence electrons. The SMILES string of the molecule is COC1=C(c2cc(Cl)cc(Cl)c2)C(=O)N2CC(OC(C)=O)CC12Cc1ccc(C#N)cc1. The molecule has 0 aromatic heterocycles. The Morgan fingerprint density at radius 3 is 2.44 bits per heavy atom. The van der Waals surface area contributed by atoms with Crippen molar-refractivity contribution in [2.45, 2.75) is 31.4 Å². The van der Waals surface area contributed by atoms with Gasteiger partial charge < -0.3 is 14.4 Å². The maximum absolute atomic E-state index is 13.6. The summed E-state index contributed by atoms with van der Waals surface area (Å²) in [4.78, 5) is 27.0. The Hall–Kier alpha value is -3.01. The van der Waals surface area contributed by atoms with Gasteiger partial charge in [0.05, 0.1) is 30.9 Å². The third-order valence-corrected chi connectivity index (χ3v) is 6.28. The van der Waals surface area contributed by atoms with E-state index >= 15 is 0 Å². The molecule has 32 heavy (non-hydrogen) atoms. The quantitative estimate of drug-likeness (QED) is 0.605. The molecular weight excluding hydrogens is 451 g/mol. The fourth-order valence-electron chi connectivity index (χ4n) is 4.73. The van der Waals surface area contributed by atoms with Crippen LogP contribution in [0.4, 0.5) is 0 Å². The lowest BCUT2D eigenvalue weighted by Gasteiger charge is -2.33. The van der Waals surface area contributed by atoms with Crippen LogP contribution >= 0.6 is 23.2 Å². The lowest BCUT2D eigenvalue weighted by molar-refractivity contribution is -0.146. The van der Waals surface area contributed by atoms with Crippen molar-refractivity contribution in [2.75, 3.05) is 13.7 Å². The third-order valence-electron chi connectivity index (χ3n) is 5.84. The van der Waals surface area contributed by atoms with Gasteiger partial charge in [0, 0.05) is 29.8 Å². The summed E-state index contributed by atoms with van der Waals surface area (Å²) in [7, 11) is 1.53. The average molecular weight is 471 g/mol. The maximum Gasteiger partial charge on any atom is 0.302 e. The highest BCUT2D eigenvalue weighted by molar-refractivity contribution is 6.35. The standard InChI is InChI=1S/C24H20Cl2N2O4/c1-14(29)32-20-11-24(10-15-3-5-16(12-27)6-4-15)22(31-2)21(23(30)28(24)13-20)17-7-18(25)9-19(26)8-17/h3-9,20H,10-11,13H2,1-2H3. The molecule has 0 spiro atoms. The highest BCUT2D eigenvalue weighted by atomic mass is 35.5. The smallest absolute Gasteiger partial charge is 0.302 e. The number of benzene rings is 2. The number of hydrogen-bond acceptors (Lipinski definition) is 5. The molecule has 2 aliphatic heterocycles. The number of esters is 1. The summed E-state index contributed by atoms with van der Waals surface area (Å²) >= 11 is 12.4. The molecule has 6 nitrogen and oxygen atoms in total. The van der Waals surface area contributed by atoms with Crippen LogP contribution in [0.3, 0.4) is 0 Å². The van der Waals surface area contributed by atoms with Gasteiger partial charge in [-0.15, -0.1) is 0 Å². The molecule has 0 N–H and O–H groups in total. The van der Waals surface area contributed by atoms with E-state index in [1.54, 1.807) is 35.2 Å². The van der Waals surface area contributed by atoms with Gasteiger partial charge in [0.15, 0.2) is 0 Å². The van der Waals surface area contributed by atoms with E-state index in [1.807, 2.05) is 12.1 Å². The van der Waals surface area contributed by atoms with Gasteiger partial charge in [0.2, 0.25) is 0 Å². The highest BCUT2D eigenvalue weighted by Crippen LogP contribution is 2.49. The van der Waals surface area contributed by atoms with Crippen molar-refractivity contribution in [3.63, 3.8) is 0 Å². The molecule has 0 saturated carbocycles. The second-order valence-corrected chi connectivity index (χ2v) is 8.81. The number of amides is 1. The minimum Gasteiger partial charge on any atom is -0.498 e. The normalized spacial score (nSPS) is 22.0. The first-order valence-corrected chi connectivity index (χ1v) is 10.8. The van der Waals surface area contributed by atoms with Crippen molar-refractivity contribution in [1.29, 1.82) is 5.26 Å². The van der Waals surface area contributed by atoms with Crippen LogP contribution in [0, 0.1) is 11.3 Å². The number of methoxy groups -OCH3 is 1. The van der Waals surface area contributed by atoms with Crippen LogP contribution in [-0.4, -0.2) is 42.1 Å². The van der Waals surface area contributed by atoms with Gasteiger partial charge >= 0.3 is 5.97 Å². The lowest BCUT2D eigenvalue weighted by atomic mass is 9.85. The summed E-state index contributed by atoms with van der Waals surface area (Å²) in [6.07, 6.45) is 0.368. The Kier molecular flexibility index (Phi) is 5.89. The van der Waals surface area contributed by atoms with Crippen molar-refractivity contribution in [2.24, 2.45) is 0 Å². The average Bonchev–Trinajstić information content (AvgIpc) is 3.18. The molecule has 2 heterocycles. The fourth-order valence-corrected chi connectivity index (χ4v) is 5.25. The first kappa shape index (κ1) is 22.2. The molecule has 2 aromatic carbocycles. The number of rotatable bonds is 5. The summed E-state index contributed by atoms with van der Waals surface area (Å²) in [5.74, 6) is -0.148. The van der Waals surface area contributed by atoms with Crippen molar-refractivity contribution < 1.29 is 19.1 Å². The number of halogens is 2. The summed E-state index contributed by atoms with van der Waals surface area (Å²) in [5.41, 5.74) is 1.59. The summed E-state index contributed by atoms with van der Waals surface area (Å²) in [6.45, 7) is 1.60. The third kappa shape index (κ3) is 3.83. The Morgan fingerprint density at radius 2 is 1.88 bits per heavy atom. The second-order valence-electron chi connectivity index (χ2n) is 7.93. The Labute approximate surface area is 195 Å². The van der Waals surface area contributed by atoms with Gasteiger partial charge in [-0.25, -0.2) is 0 Å². The minimum absolute atomic E-state index is 0.233. The molecule has 2 atom stereocenters. The predicted molar refractivity (Wildman–Crippen MR) is 120 cm³/mol. The van der Waals surface area contributed by atoms with Crippen LogP contribution in [0.2, 0.25) is 10.0 Å². The minimum atomic E-state index is -0.843. The predicted octanol–water partition coefficient (Wildman–Crippen LogP) is 4.38. The number of ether oxygens (including phenoxy) is 2. The fraction of sp³-hybridized carbons (Fsp3) is 0.292. The molecular formula is C24H20Cl2N2O4. The molecule has 8 heteroatoms. The molecule has 2 unspecified atom stereocenters. The van der Waals surface area contributed by atoms with E-state index in [9.17, 15) is 9.59 Å². The van der Waals surface area contributed by atoms with E-state index in [1.165, 1.54) is 14.0 Å². The van der Waals surface area contributed by atoms with Crippen molar-refractivity contribution in [3.05, 3.63) is 75.0 Å². The highest BCUT2D eigenvalue weighted by Gasteiger charge is 2.59. The first-order valence-electron chi connectivity index (χ1n) is 10.0. The molecule has 1 fully saturated rings. The Balaban J connectivity index is 1.85. The van der Waals surface area contributed by atoms with Gasteiger partial charge in [-0.1, -0.05) is 35.3 Å². The first-order chi connectivity index (χ1) is 15.3. The number of nitriles is 1. The van der Waals surface area contributed by atoms with E-state index in [0.717, 1.165) is 5.56 Å². The molecule has 0 aliphatic carbocycles. The summed E-state index contributed by atoms with van der Waals surface area (Å²) in [6, 6.07) is 14.3. The van der Waals surface area contributed by atoms with E-state index in [0.29, 0.717) is 45.3 Å². The van der Waals surface area contributed by atoms with Crippen LogP contribution in [-0.2, 0) is 25.5 Å². The van der Waals surface area contributed by atoms with Gasteiger partial charge in [0.1, 0.15) is 17.4 Å². The van der Waals surface area contributed by atoms with E-state index in [4.69, 9.17) is 37.9 Å². The van der Waals surface area contributed by atoms with Gasteiger partial charge in [-0.05, 0) is 41.5 Å². The van der Waals surface area contributed by atoms with Gasteiger partial charge in [-0.2, -0.15) is 5.26 Å².